The van der Waals surface area contributed by atoms with E-state index in [4.69, 9.17) is 0 Å². The van der Waals surface area contributed by atoms with Crippen molar-refractivity contribution in [3.8, 4) is 11.1 Å². The number of aliphatic imine (C=N–C) groups is 1. The molecule has 1 nitrogen and oxygen atoms in total. The molecule has 0 bridgehead atoms. The van der Waals surface area contributed by atoms with E-state index in [2.05, 4.69) is 116 Å². The van der Waals surface area contributed by atoms with Crippen molar-refractivity contribution in [1.29, 1.82) is 0 Å². The third kappa shape index (κ3) is 7.23. The second kappa shape index (κ2) is 13.4. The van der Waals surface area contributed by atoms with Crippen LogP contribution in [0.2, 0.25) is 13.1 Å². The predicted octanol–water partition coefficient (Wildman–Crippen LogP) is 1.31. The van der Waals surface area contributed by atoms with Crippen molar-refractivity contribution in [3.05, 3.63) is 102 Å². The molecule has 1 heterocycles. The molecule has 5 rings (SSSR count). The zero-order valence-electron chi connectivity index (χ0n) is 19.4. The minimum atomic E-state index is -0.265. The van der Waals surface area contributed by atoms with E-state index in [0.717, 1.165) is 5.71 Å². The summed E-state index contributed by atoms with van der Waals surface area (Å²) >= 11 is 0. The first-order chi connectivity index (χ1) is 14.5. The third-order valence-electron chi connectivity index (χ3n) is 5.37. The molecule has 1 aliphatic heterocycles. The van der Waals surface area contributed by atoms with E-state index in [9.17, 15) is 0 Å². The van der Waals surface area contributed by atoms with Gasteiger partial charge in [0.25, 0.3) is 0 Å². The van der Waals surface area contributed by atoms with Crippen molar-refractivity contribution in [1.82, 2.24) is 0 Å². The molecular formula is C28H28Cl2NSiZr. The van der Waals surface area contributed by atoms with Gasteiger partial charge in [-0.2, -0.15) is 6.07 Å². The third-order valence-corrected chi connectivity index (χ3v) is 6.28. The normalized spacial score (nSPS) is 12.8. The van der Waals surface area contributed by atoms with E-state index in [1.54, 1.807) is 0 Å². The zero-order valence-corrected chi connectivity index (χ0v) is 24.4. The fourth-order valence-electron chi connectivity index (χ4n) is 3.86. The molecule has 1 radical (unpaired) electrons. The van der Waals surface area contributed by atoms with Crippen LogP contribution in [0.25, 0.3) is 21.9 Å². The molecule has 3 aromatic rings. The average molecular weight is 569 g/mol. The number of hydrogen-bond acceptors (Lipinski definition) is 1. The van der Waals surface area contributed by atoms with Gasteiger partial charge < -0.3 is 24.8 Å². The van der Waals surface area contributed by atoms with Crippen LogP contribution in [0.1, 0.15) is 25.3 Å². The molecule has 0 saturated carbocycles. The molecular weight excluding hydrogens is 541 g/mol. The van der Waals surface area contributed by atoms with E-state index >= 15 is 0 Å². The summed E-state index contributed by atoms with van der Waals surface area (Å²) in [7, 11) is -0.265. The van der Waals surface area contributed by atoms with Crippen molar-refractivity contribution in [2.24, 2.45) is 4.99 Å². The summed E-state index contributed by atoms with van der Waals surface area (Å²) in [6.45, 7) is 9.07. The van der Waals surface area contributed by atoms with Crippen LogP contribution >= 0.6 is 0 Å². The molecule has 0 amide bonds. The summed E-state index contributed by atoms with van der Waals surface area (Å²) in [4.78, 5) is 4.24. The summed E-state index contributed by atoms with van der Waals surface area (Å²) in [6.07, 6.45) is 8.29. The maximum atomic E-state index is 4.24. The molecule has 0 saturated heterocycles. The smallest absolute Gasteiger partial charge is 1.00 e. The summed E-state index contributed by atoms with van der Waals surface area (Å²) in [5.41, 5.74) is 10.1. The second-order valence-electron chi connectivity index (χ2n) is 8.41. The molecule has 33 heavy (non-hydrogen) atoms. The number of allylic oxidation sites excluding steroid dienone is 5. The van der Waals surface area contributed by atoms with E-state index in [1.165, 1.54) is 38.6 Å². The van der Waals surface area contributed by atoms with E-state index in [0.29, 0.717) is 5.92 Å². The first kappa shape index (κ1) is 29.5. The van der Waals surface area contributed by atoms with Gasteiger partial charge in [-0.1, -0.05) is 74.6 Å². The van der Waals surface area contributed by atoms with Crippen molar-refractivity contribution in [3.63, 3.8) is 0 Å². The Hall–Kier alpha value is -1.51. The van der Waals surface area contributed by atoms with Crippen LogP contribution in [0.15, 0.2) is 101 Å². The van der Waals surface area contributed by atoms with Gasteiger partial charge in [-0.3, -0.25) is 4.99 Å². The van der Waals surface area contributed by atoms with Crippen molar-refractivity contribution in [2.75, 3.05) is 0 Å². The Bertz CT molecular complexity index is 1230. The molecule has 3 aromatic carbocycles. The van der Waals surface area contributed by atoms with Crippen LogP contribution in [-0.4, -0.2) is 19.8 Å². The summed E-state index contributed by atoms with van der Waals surface area (Å²) in [5, 5.41) is 2.72. The summed E-state index contributed by atoms with van der Waals surface area (Å²) < 4.78 is 0. The summed E-state index contributed by atoms with van der Waals surface area (Å²) in [5.74, 6) is 0.584. The molecule has 167 valence electrons. The van der Waals surface area contributed by atoms with Gasteiger partial charge in [0.15, 0.2) is 0 Å². The van der Waals surface area contributed by atoms with Crippen molar-refractivity contribution < 1.29 is 51.0 Å². The fraction of sp³-hybridized carbons (Fsp3) is 0.179. The van der Waals surface area contributed by atoms with E-state index in [-0.39, 0.29) is 59.4 Å². The van der Waals surface area contributed by atoms with Gasteiger partial charge in [0.1, 0.15) is 0 Å². The largest absolute Gasteiger partial charge is 3.00 e. The van der Waals surface area contributed by atoms with Gasteiger partial charge in [-0.05, 0) is 35.3 Å². The second-order valence-corrected chi connectivity index (χ2v) is 10.9. The standard InChI is InChI=1S/C18H17.C10H11NSi.2ClH.Zr/c1-13(2)16-11-15-9-6-10-17(18(15)12-16)14-7-4-3-5-8-14;1-12(2)7-8-5-9-3-4-11-10(9)6-8;;;/h3-13H,1-2H3;3-7H,1-2H3;2*1H;/q-1;;;;+3/p-2. The number of nitrogens with zero attached hydrogens (tertiary/aromatic N) is 1. The van der Waals surface area contributed by atoms with Crippen LogP contribution < -0.4 is 24.8 Å². The van der Waals surface area contributed by atoms with Crippen LogP contribution in [-0.2, 0) is 26.2 Å². The first-order valence-corrected chi connectivity index (χ1v) is 13.2. The van der Waals surface area contributed by atoms with Gasteiger partial charge >= 0.3 is 26.2 Å². The van der Waals surface area contributed by atoms with Gasteiger partial charge in [0.05, 0.1) is 5.71 Å². The summed E-state index contributed by atoms with van der Waals surface area (Å²) in [6, 6.07) is 21.8. The molecule has 1 aliphatic carbocycles. The number of benzene rings is 2. The molecule has 0 fully saturated rings. The Kier molecular flexibility index (Phi) is 12.0. The van der Waals surface area contributed by atoms with Crippen molar-refractivity contribution >= 4 is 30.6 Å². The van der Waals surface area contributed by atoms with Crippen molar-refractivity contribution in [2.45, 2.75) is 32.9 Å². The maximum Gasteiger partial charge on any atom is 3.00 e. The molecule has 0 N–H and O–H groups in total. The Morgan fingerprint density at radius 1 is 0.939 bits per heavy atom. The van der Waals surface area contributed by atoms with Crippen LogP contribution in [0.3, 0.4) is 0 Å². The molecule has 0 unspecified atom stereocenters. The maximum absolute atomic E-state index is 4.24. The predicted molar refractivity (Wildman–Crippen MR) is 135 cm³/mol. The number of fused-ring (bicyclic) bond motifs is 2. The SMILES string of the molecule is CC(C)c1cc2c(-c3ccccc3)cccc2[cH-]1.C[Si](C)=CC1=CC2=NC=CC2=C1.[Cl-].[Cl-].[Zr+3]. The fourth-order valence-corrected chi connectivity index (χ4v) is 4.69. The number of halogens is 2. The Morgan fingerprint density at radius 2 is 1.67 bits per heavy atom. The molecule has 0 aromatic heterocycles. The van der Waals surface area contributed by atoms with Crippen LogP contribution in [0, 0.1) is 0 Å². The van der Waals surface area contributed by atoms with Gasteiger partial charge in [-0.15, -0.1) is 34.5 Å². The van der Waals surface area contributed by atoms with Gasteiger partial charge in [-0.25, -0.2) is 0 Å². The van der Waals surface area contributed by atoms with Gasteiger partial charge in [0, 0.05) is 20.2 Å². The van der Waals surface area contributed by atoms with Gasteiger partial charge in [0.2, 0.25) is 0 Å². The number of rotatable bonds is 3. The number of hydrogen-bond donors (Lipinski definition) is 0. The Labute approximate surface area is 230 Å². The minimum Gasteiger partial charge on any atom is -1.00 e. The first-order valence-electron chi connectivity index (χ1n) is 10.6. The van der Waals surface area contributed by atoms with E-state index in [1.807, 2.05) is 6.20 Å². The topological polar surface area (TPSA) is 12.4 Å². The monoisotopic (exact) mass is 566 g/mol. The minimum absolute atomic E-state index is 0. The Balaban J connectivity index is 0.000000322. The zero-order chi connectivity index (χ0) is 21.1. The quantitative estimate of drug-likeness (QED) is 0.334. The molecule has 2 aliphatic rings. The molecule has 5 heteroatoms. The Morgan fingerprint density at radius 3 is 2.30 bits per heavy atom. The van der Waals surface area contributed by atoms with E-state index < -0.39 is 0 Å². The van der Waals surface area contributed by atoms with Crippen LogP contribution in [0.5, 0.6) is 0 Å². The molecule has 0 spiro atoms. The molecule has 0 atom stereocenters. The van der Waals surface area contributed by atoms with Crippen LogP contribution in [0.4, 0.5) is 0 Å². The average Bonchev–Trinajstić information content (AvgIpc) is 3.42.